The maximum absolute atomic E-state index is 13.1. The zero-order chi connectivity index (χ0) is 24.0. The summed E-state index contributed by atoms with van der Waals surface area (Å²) >= 11 is 0. The average molecular weight is 475 g/mol. The largest absolute Gasteiger partial charge is 0.496 e. The number of carbonyl (C=O) groups is 2. The second-order valence-corrected chi connectivity index (χ2v) is 9.96. The maximum atomic E-state index is 13.1. The minimum atomic E-state index is -3.70. The number of esters is 1. The summed E-state index contributed by atoms with van der Waals surface area (Å²) in [4.78, 5) is 27.0. The van der Waals surface area contributed by atoms with Crippen LogP contribution in [-0.4, -0.2) is 63.4 Å². The molecule has 1 fully saturated rings. The molecule has 9 heteroatoms. The Morgan fingerprint density at radius 1 is 1.09 bits per heavy atom. The normalized spacial score (nSPS) is 14.8. The molecule has 2 aromatic carbocycles. The van der Waals surface area contributed by atoms with E-state index >= 15 is 0 Å². The lowest BCUT2D eigenvalue weighted by Crippen LogP contribution is -2.40. The first kappa shape index (κ1) is 24.7. The summed E-state index contributed by atoms with van der Waals surface area (Å²) in [5, 5.41) is 0. The number of nitrogens with zero attached hydrogens (tertiary/aromatic N) is 2. The van der Waals surface area contributed by atoms with Gasteiger partial charge in [0.25, 0.3) is 5.91 Å². The van der Waals surface area contributed by atoms with Gasteiger partial charge >= 0.3 is 5.97 Å². The predicted molar refractivity (Wildman–Crippen MR) is 123 cm³/mol. The van der Waals surface area contributed by atoms with Gasteiger partial charge in [0, 0.05) is 37.8 Å². The quantitative estimate of drug-likeness (QED) is 0.546. The third-order valence-corrected chi connectivity index (χ3v) is 7.59. The Morgan fingerprint density at radius 3 is 2.36 bits per heavy atom. The van der Waals surface area contributed by atoms with Crippen molar-refractivity contribution in [2.75, 3.05) is 33.9 Å². The number of piperidine rings is 1. The van der Waals surface area contributed by atoms with Crippen molar-refractivity contribution >= 4 is 21.9 Å². The van der Waals surface area contributed by atoms with Gasteiger partial charge in [-0.1, -0.05) is 18.2 Å². The van der Waals surface area contributed by atoms with E-state index in [2.05, 4.69) is 0 Å². The molecule has 0 radical (unpaired) electrons. The highest BCUT2D eigenvalue weighted by Crippen LogP contribution is 2.26. The number of sulfonamides is 1. The number of benzene rings is 2. The summed E-state index contributed by atoms with van der Waals surface area (Å²) in [6.07, 6.45) is 1.12. The first-order valence-corrected chi connectivity index (χ1v) is 12.4. The molecule has 1 aliphatic rings. The van der Waals surface area contributed by atoms with Gasteiger partial charge in [0.15, 0.2) is 0 Å². The average Bonchev–Trinajstić information content (AvgIpc) is 2.84. The van der Waals surface area contributed by atoms with Gasteiger partial charge in [-0.2, -0.15) is 4.31 Å². The predicted octanol–water partition coefficient (Wildman–Crippen LogP) is 2.93. The number of hydrogen-bond donors (Lipinski definition) is 0. The first-order chi connectivity index (χ1) is 15.8. The molecule has 0 saturated carbocycles. The smallest absolute Gasteiger partial charge is 0.309 e. The Kier molecular flexibility index (Phi) is 8.10. The molecule has 1 saturated heterocycles. The van der Waals surface area contributed by atoms with E-state index in [1.807, 2.05) is 0 Å². The summed E-state index contributed by atoms with van der Waals surface area (Å²) < 4.78 is 37.5. The Hall–Kier alpha value is -2.91. The third kappa shape index (κ3) is 5.72. The van der Waals surface area contributed by atoms with Crippen LogP contribution in [0.15, 0.2) is 53.4 Å². The molecule has 178 valence electrons. The van der Waals surface area contributed by atoms with Crippen molar-refractivity contribution in [3.05, 3.63) is 59.7 Å². The molecule has 0 bridgehead atoms. The van der Waals surface area contributed by atoms with Gasteiger partial charge in [0.05, 0.1) is 24.5 Å². The fourth-order valence-electron chi connectivity index (χ4n) is 3.89. The Labute approximate surface area is 195 Å². The second kappa shape index (κ2) is 10.8. The van der Waals surface area contributed by atoms with Crippen LogP contribution in [0.25, 0.3) is 0 Å². The molecule has 0 spiro atoms. The number of carbonyl (C=O) groups excluding carboxylic acids is 2. The number of methoxy groups -OCH3 is 1. The monoisotopic (exact) mass is 474 g/mol. The standard InChI is InChI=1S/C24H30N2O6S/c1-4-32-24(28)18-12-14-26(15-13-18)23(27)19-10-11-22(31-3)20(16-19)17-25(2)33(29,30)21-8-6-5-7-9-21/h5-11,16,18H,4,12-15,17H2,1-3H3. The van der Waals surface area contributed by atoms with Gasteiger partial charge in [-0.3, -0.25) is 9.59 Å². The van der Waals surface area contributed by atoms with Gasteiger partial charge in [0.2, 0.25) is 10.0 Å². The van der Waals surface area contributed by atoms with Crippen LogP contribution in [0, 0.1) is 5.92 Å². The van der Waals surface area contributed by atoms with Gasteiger partial charge in [-0.05, 0) is 50.1 Å². The van der Waals surface area contributed by atoms with Crippen molar-refractivity contribution in [2.45, 2.75) is 31.2 Å². The van der Waals surface area contributed by atoms with Crippen LogP contribution in [0.5, 0.6) is 5.75 Å². The van der Waals surface area contributed by atoms with E-state index in [-0.39, 0.29) is 29.2 Å². The SMILES string of the molecule is CCOC(=O)C1CCN(C(=O)c2ccc(OC)c(CN(C)S(=O)(=O)c3ccccc3)c2)CC1. The van der Waals surface area contributed by atoms with Crippen molar-refractivity contribution < 1.29 is 27.5 Å². The van der Waals surface area contributed by atoms with Gasteiger partial charge in [-0.25, -0.2) is 8.42 Å². The van der Waals surface area contributed by atoms with Gasteiger partial charge < -0.3 is 14.4 Å². The van der Waals surface area contributed by atoms with Crippen LogP contribution in [0.3, 0.4) is 0 Å². The minimum Gasteiger partial charge on any atom is -0.496 e. The molecule has 2 aromatic rings. The van der Waals surface area contributed by atoms with E-state index in [1.54, 1.807) is 60.4 Å². The van der Waals surface area contributed by atoms with E-state index in [4.69, 9.17) is 9.47 Å². The van der Waals surface area contributed by atoms with Crippen molar-refractivity contribution in [1.82, 2.24) is 9.21 Å². The molecule has 0 aromatic heterocycles. The Balaban J connectivity index is 1.74. The number of hydrogen-bond acceptors (Lipinski definition) is 6. The molecule has 0 atom stereocenters. The van der Waals surface area contributed by atoms with Crippen molar-refractivity contribution in [2.24, 2.45) is 5.92 Å². The number of amides is 1. The summed E-state index contributed by atoms with van der Waals surface area (Å²) in [6, 6.07) is 13.2. The van der Waals surface area contributed by atoms with E-state index < -0.39 is 10.0 Å². The number of ether oxygens (including phenoxy) is 2. The molecular formula is C24H30N2O6S. The van der Waals surface area contributed by atoms with E-state index in [0.717, 1.165) is 0 Å². The zero-order valence-electron chi connectivity index (χ0n) is 19.2. The molecule has 1 heterocycles. The minimum absolute atomic E-state index is 0.0481. The third-order valence-electron chi connectivity index (χ3n) is 5.77. The van der Waals surface area contributed by atoms with E-state index in [0.29, 0.717) is 49.4 Å². The fraction of sp³-hybridized carbons (Fsp3) is 0.417. The molecule has 3 rings (SSSR count). The summed E-state index contributed by atoms with van der Waals surface area (Å²) in [5.41, 5.74) is 1.04. The molecule has 1 aliphatic heterocycles. The van der Waals surface area contributed by atoms with Crippen LogP contribution < -0.4 is 4.74 Å². The van der Waals surface area contributed by atoms with Crippen molar-refractivity contribution in [3.8, 4) is 5.75 Å². The highest BCUT2D eigenvalue weighted by Gasteiger charge is 2.29. The van der Waals surface area contributed by atoms with Crippen LogP contribution >= 0.6 is 0 Å². The second-order valence-electron chi connectivity index (χ2n) is 7.92. The maximum Gasteiger partial charge on any atom is 0.309 e. The molecule has 33 heavy (non-hydrogen) atoms. The highest BCUT2D eigenvalue weighted by molar-refractivity contribution is 7.89. The Bertz CT molecular complexity index is 1080. The number of likely N-dealkylation sites (tertiary alicyclic amines) is 1. The molecule has 8 nitrogen and oxygen atoms in total. The molecular weight excluding hydrogens is 444 g/mol. The topological polar surface area (TPSA) is 93.2 Å². The van der Waals surface area contributed by atoms with Gasteiger partial charge in [0.1, 0.15) is 5.75 Å². The van der Waals surface area contributed by atoms with Crippen LogP contribution in [0.4, 0.5) is 0 Å². The van der Waals surface area contributed by atoms with Crippen molar-refractivity contribution in [3.63, 3.8) is 0 Å². The zero-order valence-corrected chi connectivity index (χ0v) is 20.0. The van der Waals surface area contributed by atoms with E-state index in [9.17, 15) is 18.0 Å². The summed E-state index contributed by atoms with van der Waals surface area (Å²) in [7, 11) is -0.694. The Morgan fingerprint density at radius 2 is 1.76 bits per heavy atom. The first-order valence-electron chi connectivity index (χ1n) is 10.9. The molecule has 0 N–H and O–H groups in total. The lowest BCUT2D eigenvalue weighted by Gasteiger charge is -2.31. The van der Waals surface area contributed by atoms with Crippen LogP contribution in [-0.2, 0) is 26.1 Å². The number of rotatable bonds is 8. The summed E-state index contributed by atoms with van der Waals surface area (Å²) in [6.45, 7) is 3.10. The van der Waals surface area contributed by atoms with E-state index in [1.165, 1.54) is 18.5 Å². The van der Waals surface area contributed by atoms with Gasteiger partial charge in [-0.15, -0.1) is 0 Å². The van der Waals surface area contributed by atoms with Crippen LogP contribution in [0.1, 0.15) is 35.7 Å². The highest BCUT2D eigenvalue weighted by atomic mass is 32.2. The molecule has 0 unspecified atom stereocenters. The lowest BCUT2D eigenvalue weighted by molar-refractivity contribution is -0.149. The fourth-order valence-corrected chi connectivity index (χ4v) is 5.06. The van der Waals surface area contributed by atoms with Crippen LogP contribution in [0.2, 0.25) is 0 Å². The van der Waals surface area contributed by atoms with Crippen molar-refractivity contribution in [1.29, 1.82) is 0 Å². The molecule has 1 amide bonds. The molecule has 0 aliphatic carbocycles. The lowest BCUT2D eigenvalue weighted by atomic mass is 9.96. The summed E-state index contributed by atoms with van der Waals surface area (Å²) in [5.74, 6) is -0.0475.